The average Bonchev–Trinajstić information content (AvgIpc) is 2.79. The zero-order valence-corrected chi connectivity index (χ0v) is 16.6. The summed E-state index contributed by atoms with van der Waals surface area (Å²) in [5.41, 5.74) is 1.91. The fourth-order valence-electron chi connectivity index (χ4n) is 3.36. The van der Waals surface area contributed by atoms with Crippen LogP contribution in [0.15, 0.2) is 91.0 Å². The number of anilines is 2. The van der Waals surface area contributed by atoms with Crippen molar-refractivity contribution >= 4 is 35.2 Å². The minimum atomic E-state index is -1.08. The predicted molar refractivity (Wildman–Crippen MR) is 119 cm³/mol. The van der Waals surface area contributed by atoms with Crippen molar-refractivity contribution in [3.8, 4) is 5.75 Å². The van der Waals surface area contributed by atoms with Crippen LogP contribution in [0.25, 0.3) is 6.08 Å². The maximum Gasteiger partial charge on any atom is 0.335 e. The van der Waals surface area contributed by atoms with Crippen LogP contribution in [0.4, 0.5) is 11.4 Å². The molecule has 0 saturated carbocycles. The van der Waals surface area contributed by atoms with Crippen molar-refractivity contribution < 1.29 is 19.1 Å². The summed E-state index contributed by atoms with van der Waals surface area (Å²) in [6.45, 7) is 0. The lowest BCUT2D eigenvalue weighted by atomic mass is 10.1. The number of hydrogen-bond donors (Lipinski definition) is 1. The highest BCUT2D eigenvalue weighted by Gasteiger charge is 2.39. The first-order valence-electron chi connectivity index (χ1n) is 9.84. The first-order valence-corrected chi connectivity index (χ1v) is 9.84. The molecule has 0 spiro atoms. The standard InChI is InChI=1S/C25H20N2O4/c28-23(26-19-11-5-2-6-12-19)17-21-25(30)31-22-14-8-7-13-20(22)27(21)24(29)16-15-18-9-3-1-4-10-18/h1-16,21H,17H2,(H,26,28)/b16-15+/t21-/m0/s1. The number of esters is 1. The van der Waals surface area contributed by atoms with Gasteiger partial charge in [-0.3, -0.25) is 14.5 Å². The Morgan fingerprint density at radius 2 is 1.55 bits per heavy atom. The van der Waals surface area contributed by atoms with E-state index in [-0.39, 0.29) is 12.2 Å². The van der Waals surface area contributed by atoms with E-state index in [4.69, 9.17) is 4.74 Å². The summed E-state index contributed by atoms with van der Waals surface area (Å²) < 4.78 is 5.40. The third-order valence-electron chi connectivity index (χ3n) is 4.81. The summed E-state index contributed by atoms with van der Waals surface area (Å²) in [6.07, 6.45) is 2.84. The fraction of sp³-hybridized carbons (Fsp3) is 0.0800. The molecule has 0 aliphatic carbocycles. The van der Waals surface area contributed by atoms with Gasteiger partial charge in [0.25, 0.3) is 5.91 Å². The van der Waals surface area contributed by atoms with Crippen molar-refractivity contribution in [2.45, 2.75) is 12.5 Å². The van der Waals surface area contributed by atoms with Gasteiger partial charge in [0.05, 0.1) is 12.1 Å². The van der Waals surface area contributed by atoms with Gasteiger partial charge in [0, 0.05) is 11.8 Å². The molecule has 1 heterocycles. The van der Waals surface area contributed by atoms with Gasteiger partial charge in [0.2, 0.25) is 5.91 Å². The minimum absolute atomic E-state index is 0.229. The quantitative estimate of drug-likeness (QED) is 0.390. The Labute approximate surface area is 179 Å². The van der Waals surface area contributed by atoms with E-state index in [2.05, 4.69) is 5.32 Å². The van der Waals surface area contributed by atoms with Crippen molar-refractivity contribution in [1.29, 1.82) is 0 Å². The molecule has 0 aromatic heterocycles. The average molecular weight is 412 g/mol. The molecule has 1 aliphatic rings. The summed E-state index contributed by atoms with van der Waals surface area (Å²) >= 11 is 0. The lowest BCUT2D eigenvalue weighted by molar-refractivity contribution is -0.139. The van der Waals surface area contributed by atoms with E-state index in [1.807, 2.05) is 36.4 Å². The van der Waals surface area contributed by atoms with Crippen LogP contribution < -0.4 is 15.0 Å². The number of hydrogen-bond acceptors (Lipinski definition) is 4. The number of carbonyl (C=O) groups is 3. The third-order valence-corrected chi connectivity index (χ3v) is 4.81. The molecule has 0 saturated heterocycles. The Balaban J connectivity index is 1.60. The lowest BCUT2D eigenvalue weighted by Crippen LogP contribution is -2.51. The van der Waals surface area contributed by atoms with Crippen molar-refractivity contribution in [2.24, 2.45) is 0 Å². The summed E-state index contributed by atoms with van der Waals surface area (Å²) in [6, 6.07) is 24.0. The van der Waals surface area contributed by atoms with Gasteiger partial charge in [0.15, 0.2) is 5.75 Å². The number of ether oxygens (including phenoxy) is 1. The Bertz CT molecular complexity index is 1130. The third kappa shape index (κ3) is 4.70. The van der Waals surface area contributed by atoms with Crippen LogP contribution in [0.5, 0.6) is 5.75 Å². The Hall–Kier alpha value is -4.19. The number of fused-ring (bicyclic) bond motifs is 1. The van der Waals surface area contributed by atoms with E-state index in [1.54, 1.807) is 54.6 Å². The Kier molecular flexibility index (Phi) is 5.89. The van der Waals surface area contributed by atoms with Crippen LogP contribution in [0.3, 0.4) is 0 Å². The molecule has 0 unspecified atom stereocenters. The summed E-state index contributed by atoms with van der Waals surface area (Å²) in [7, 11) is 0. The zero-order chi connectivity index (χ0) is 21.6. The topological polar surface area (TPSA) is 75.7 Å². The van der Waals surface area contributed by atoms with Crippen LogP contribution in [0.1, 0.15) is 12.0 Å². The molecule has 4 rings (SSSR count). The molecule has 2 amide bonds. The number of nitrogens with one attached hydrogen (secondary N) is 1. The first-order chi connectivity index (χ1) is 15.1. The first kappa shape index (κ1) is 20.1. The summed E-state index contributed by atoms with van der Waals surface area (Å²) in [5, 5.41) is 2.75. The SMILES string of the molecule is O=C(C[C@H]1C(=O)Oc2ccccc2N1C(=O)/C=C/c1ccccc1)Nc1ccccc1. The molecule has 3 aromatic rings. The van der Waals surface area contributed by atoms with E-state index >= 15 is 0 Å². The van der Waals surface area contributed by atoms with Gasteiger partial charge in [-0.05, 0) is 35.9 Å². The van der Waals surface area contributed by atoms with Crippen LogP contribution >= 0.6 is 0 Å². The summed E-state index contributed by atoms with van der Waals surface area (Å²) in [5.74, 6) is -1.17. The zero-order valence-electron chi connectivity index (χ0n) is 16.6. The molecule has 0 bridgehead atoms. The highest BCUT2D eigenvalue weighted by Crippen LogP contribution is 2.35. The molecule has 1 aliphatic heterocycles. The van der Waals surface area contributed by atoms with Gasteiger partial charge in [-0.2, -0.15) is 0 Å². The molecule has 3 aromatic carbocycles. The maximum atomic E-state index is 13.1. The molecule has 6 heteroatoms. The smallest absolute Gasteiger partial charge is 0.335 e. The number of benzene rings is 3. The minimum Gasteiger partial charge on any atom is -0.423 e. The number of rotatable bonds is 5. The van der Waals surface area contributed by atoms with Crippen molar-refractivity contribution in [1.82, 2.24) is 0 Å². The maximum absolute atomic E-state index is 13.1. The molecular weight excluding hydrogens is 392 g/mol. The molecule has 0 radical (unpaired) electrons. The number of amides is 2. The van der Waals surface area contributed by atoms with Gasteiger partial charge in [-0.25, -0.2) is 4.79 Å². The molecular formula is C25H20N2O4. The second-order valence-corrected chi connectivity index (χ2v) is 6.98. The highest BCUT2D eigenvalue weighted by molar-refractivity contribution is 6.11. The lowest BCUT2D eigenvalue weighted by Gasteiger charge is -2.34. The Morgan fingerprint density at radius 1 is 0.903 bits per heavy atom. The van der Waals surface area contributed by atoms with Gasteiger partial charge in [0.1, 0.15) is 6.04 Å². The Morgan fingerprint density at radius 3 is 2.29 bits per heavy atom. The van der Waals surface area contributed by atoms with Crippen LogP contribution in [0, 0.1) is 0 Å². The monoisotopic (exact) mass is 412 g/mol. The van der Waals surface area contributed by atoms with E-state index in [9.17, 15) is 14.4 Å². The normalized spacial score (nSPS) is 15.3. The van der Waals surface area contributed by atoms with Crippen LogP contribution in [0.2, 0.25) is 0 Å². The fourth-order valence-corrected chi connectivity index (χ4v) is 3.36. The number of carbonyl (C=O) groups excluding carboxylic acids is 3. The van der Waals surface area contributed by atoms with E-state index < -0.39 is 23.8 Å². The van der Waals surface area contributed by atoms with Gasteiger partial charge in [-0.15, -0.1) is 0 Å². The highest BCUT2D eigenvalue weighted by atomic mass is 16.5. The van der Waals surface area contributed by atoms with Crippen molar-refractivity contribution in [2.75, 3.05) is 10.2 Å². The van der Waals surface area contributed by atoms with Crippen molar-refractivity contribution in [3.63, 3.8) is 0 Å². The predicted octanol–water partition coefficient (Wildman–Crippen LogP) is 4.05. The van der Waals surface area contributed by atoms with Crippen LogP contribution in [-0.4, -0.2) is 23.8 Å². The molecule has 31 heavy (non-hydrogen) atoms. The van der Waals surface area contributed by atoms with E-state index in [1.165, 1.54) is 11.0 Å². The molecule has 6 nitrogen and oxygen atoms in total. The van der Waals surface area contributed by atoms with E-state index in [0.717, 1.165) is 5.56 Å². The van der Waals surface area contributed by atoms with Crippen LogP contribution in [-0.2, 0) is 14.4 Å². The summed E-state index contributed by atoms with van der Waals surface area (Å²) in [4.78, 5) is 39.8. The second kappa shape index (κ2) is 9.09. The molecule has 0 fully saturated rings. The van der Waals surface area contributed by atoms with Gasteiger partial charge < -0.3 is 10.1 Å². The number of para-hydroxylation sites is 3. The van der Waals surface area contributed by atoms with E-state index in [0.29, 0.717) is 11.4 Å². The van der Waals surface area contributed by atoms with Gasteiger partial charge in [-0.1, -0.05) is 60.7 Å². The van der Waals surface area contributed by atoms with Gasteiger partial charge >= 0.3 is 5.97 Å². The molecule has 1 atom stereocenters. The van der Waals surface area contributed by atoms with Crippen molar-refractivity contribution in [3.05, 3.63) is 96.6 Å². The molecule has 154 valence electrons. The largest absolute Gasteiger partial charge is 0.423 e. The molecule has 1 N–H and O–H groups in total. The number of nitrogens with zero attached hydrogens (tertiary/aromatic N) is 1. The second-order valence-electron chi connectivity index (χ2n) is 6.98.